The molecule has 10 rings (SSSR count). The van der Waals surface area contributed by atoms with Gasteiger partial charge in [0.05, 0.1) is 0 Å². The summed E-state index contributed by atoms with van der Waals surface area (Å²) in [4.78, 5) is 39.7. The van der Waals surface area contributed by atoms with Gasteiger partial charge in [-0.3, -0.25) is 0 Å². The van der Waals surface area contributed by atoms with Gasteiger partial charge in [0, 0.05) is 50.3 Å². The van der Waals surface area contributed by atoms with Crippen LogP contribution in [0.25, 0.3) is 102 Å². The van der Waals surface area contributed by atoms with Gasteiger partial charge in [0.1, 0.15) is 0 Å². The molecule has 0 atom stereocenters. The van der Waals surface area contributed by atoms with Crippen LogP contribution in [0, 0.1) is 13.8 Å². The molecule has 0 unspecified atom stereocenters. The van der Waals surface area contributed by atoms with Crippen LogP contribution < -0.4 is 0 Å². The second-order valence-corrected chi connectivity index (χ2v) is 15.0. The molecular weight excluding hydrogens is 761 g/mol. The highest BCUT2D eigenvalue weighted by Crippen LogP contribution is 2.37. The van der Waals surface area contributed by atoms with Crippen molar-refractivity contribution >= 4 is 0 Å². The van der Waals surface area contributed by atoms with E-state index in [1.54, 1.807) is 0 Å². The van der Waals surface area contributed by atoms with Crippen molar-refractivity contribution in [1.82, 2.24) is 39.9 Å². The summed E-state index contributed by atoms with van der Waals surface area (Å²) < 4.78 is 0. The minimum Gasteiger partial charge on any atom is -0.233 e. The molecule has 62 heavy (non-hydrogen) atoms. The Bertz CT molecular complexity index is 3060. The number of benzene rings is 7. The van der Waals surface area contributed by atoms with Gasteiger partial charge in [-0.05, 0) is 66.4 Å². The van der Waals surface area contributed by atoms with Gasteiger partial charge in [-0.1, -0.05) is 164 Å². The topological polar surface area (TPSA) is 103 Å². The molecule has 294 valence electrons. The molecule has 8 heteroatoms. The molecule has 0 bridgehead atoms. The van der Waals surface area contributed by atoms with Gasteiger partial charge >= 0.3 is 0 Å². The molecule has 0 aliphatic heterocycles. The van der Waals surface area contributed by atoms with Crippen LogP contribution >= 0.6 is 0 Å². The first kappa shape index (κ1) is 37.9. The molecule has 8 nitrogen and oxygen atoms in total. The van der Waals surface area contributed by atoms with E-state index in [2.05, 4.69) is 48.5 Å². The summed E-state index contributed by atoms with van der Waals surface area (Å²) in [7, 11) is 0. The average molecular weight is 799 g/mol. The Morgan fingerprint density at radius 1 is 0.210 bits per heavy atom. The third-order valence-electron chi connectivity index (χ3n) is 10.5. The molecule has 0 saturated heterocycles. The monoisotopic (exact) mass is 798 g/mol. The van der Waals surface area contributed by atoms with Crippen molar-refractivity contribution < 1.29 is 0 Å². The highest BCUT2D eigenvalue weighted by Gasteiger charge is 2.18. The highest BCUT2D eigenvalue weighted by molar-refractivity contribution is 5.87. The van der Waals surface area contributed by atoms with Gasteiger partial charge in [0.25, 0.3) is 0 Å². The smallest absolute Gasteiger partial charge is 0.164 e. The molecule has 0 amide bonds. The lowest BCUT2D eigenvalue weighted by molar-refractivity contribution is 1.06. The fraction of sp³-hybridized carbons (Fsp3) is 0.0370. The van der Waals surface area contributed by atoms with Crippen LogP contribution in [-0.2, 0) is 0 Å². The molecule has 0 aliphatic rings. The summed E-state index contributed by atoms with van der Waals surface area (Å²) in [5.41, 5.74) is 12.1. The fourth-order valence-corrected chi connectivity index (χ4v) is 7.54. The molecule has 0 N–H and O–H groups in total. The number of hydrogen-bond acceptors (Lipinski definition) is 8. The van der Waals surface area contributed by atoms with Crippen LogP contribution in [0.1, 0.15) is 11.4 Å². The summed E-state index contributed by atoms with van der Waals surface area (Å²) in [6.45, 7) is 4.00. The molecular formula is C54H38N8. The van der Waals surface area contributed by atoms with E-state index in [4.69, 9.17) is 39.9 Å². The van der Waals surface area contributed by atoms with E-state index in [1.165, 1.54) is 0 Å². The van der Waals surface area contributed by atoms with Crippen LogP contribution in [0.5, 0.6) is 0 Å². The maximum Gasteiger partial charge on any atom is 0.164 e. The van der Waals surface area contributed by atoms with Gasteiger partial charge in [-0.15, -0.1) is 0 Å². The quantitative estimate of drug-likeness (QED) is 0.142. The lowest BCUT2D eigenvalue weighted by Crippen LogP contribution is -2.00. The van der Waals surface area contributed by atoms with Crippen molar-refractivity contribution in [2.24, 2.45) is 0 Å². The molecule has 0 spiro atoms. The summed E-state index contributed by atoms with van der Waals surface area (Å²) in [5, 5.41) is 0. The van der Waals surface area contributed by atoms with Crippen molar-refractivity contribution in [3.8, 4) is 102 Å². The van der Waals surface area contributed by atoms with E-state index >= 15 is 0 Å². The number of aromatic nitrogens is 8. The molecule has 7 aromatic carbocycles. The Balaban J connectivity index is 1.10. The zero-order valence-electron chi connectivity index (χ0n) is 34.1. The lowest BCUT2D eigenvalue weighted by Gasteiger charge is -2.15. The average Bonchev–Trinajstić information content (AvgIpc) is 3.34. The van der Waals surface area contributed by atoms with Crippen LogP contribution in [0.3, 0.4) is 0 Å². The Morgan fingerprint density at radius 3 is 0.952 bits per heavy atom. The van der Waals surface area contributed by atoms with E-state index < -0.39 is 0 Å². The minimum absolute atomic E-state index is 0.578. The molecule has 0 radical (unpaired) electrons. The predicted molar refractivity (Wildman–Crippen MR) is 247 cm³/mol. The van der Waals surface area contributed by atoms with Crippen molar-refractivity contribution in [1.29, 1.82) is 0 Å². The number of hydrogen-bond donors (Lipinski definition) is 0. The lowest BCUT2D eigenvalue weighted by atomic mass is 9.92. The van der Waals surface area contributed by atoms with Crippen LogP contribution in [0.15, 0.2) is 194 Å². The van der Waals surface area contributed by atoms with Gasteiger partial charge in [-0.25, -0.2) is 39.9 Å². The Hall–Kier alpha value is -8.36. The molecule has 3 heterocycles. The maximum absolute atomic E-state index is 5.03. The number of aryl methyl sites for hydroxylation is 2. The van der Waals surface area contributed by atoms with Gasteiger partial charge in [0.2, 0.25) is 0 Å². The van der Waals surface area contributed by atoms with E-state index in [1.807, 2.05) is 159 Å². The second-order valence-electron chi connectivity index (χ2n) is 15.0. The Morgan fingerprint density at radius 2 is 0.532 bits per heavy atom. The van der Waals surface area contributed by atoms with E-state index in [9.17, 15) is 0 Å². The summed E-state index contributed by atoms with van der Waals surface area (Å²) in [6, 6.07) is 65.3. The largest absolute Gasteiger partial charge is 0.233 e. The molecule has 3 aromatic heterocycles. The third kappa shape index (κ3) is 8.00. The molecule has 10 aromatic rings. The predicted octanol–water partition coefficient (Wildman–Crippen LogP) is 12.5. The molecule has 0 saturated carbocycles. The highest BCUT2D eigenvalue weighted by atomic mass is 15.0. The molecule has 0 fully saturated rings. The van der Waals surface area contributed by atoms with Crippen molar-refractivity contribution in [3.05, 3.63) is 206 Å². The van der Waals surface area contributed by atoms with Crippen molar-refractivity contribution in [3.63, 3.8) is 0 Å². The first-order chi connectivity index (χ1) is 30.5. The van der Waals surface area contributed by atoms with Crippen LogP contribution in [0.4, 0.5) is 0 Å². The van der Waals surface area contributed by atoms with Crippen molar-refractivity contribution in [2.75, 3.05) is 0 Å². The standard InChI is InChI=1S/C54H38N8/c1-35-31-36(2)56-54(55-35)46-30-29-42(41-25-15-27-44(32-41)52-59-48(37-17-7-3-8-18-37)57-49(60-52)38-19-9-4-10-20-38)34-47(46)43-26-16-28-45(33-43)53-61-50(39-21-11-5-12-22-39)58-51(62-53)40-23-13-6-14-24-40/h3-34H,1-2H3. The second kappa shape index (κ2) is 16.7. The fourth-order valence-electron chi connectivity index (χ4n) is 7.54. The normalized spacial score (nSPS) is 11.1. The maximum atomic E-state index is 5.03. The van der Waals surface area contributed by atoms with Gasteiger partial charge in [-0.2, -0.15) is 0 Å². The first-order valence-electron chi connectivity index (χ1n) is 20.4. The summed E-state index contributed by atoms with van der Waals surface area (Å²) >= 11 is 0. The SMILES string of the molecule is Cc1cc(C)nc(-c2ccc(-c3cccc(-c4nc(-c5ccccc5)nc(-c5ccccc5)n4)c3)cc2-c2cccc(-c3nc(-c4ccccc4)nc(-c4ccccc4)n3)c2)n1. The number of nitrogens with zero attached hydrogens (tertiary/aromatic N) is 8. The van der Waals surface area contributed by atoms with Crippen molar-refractivity contribution in [2.45, 2.75) is 13.8 Å². The minimum atomic E-state index is 0.578. The van der Waals surface area contributed by atoms with Gasteiger partial charge < -0.3 is 0 Å². The Labute approximate surface area is 359 Å². The zero-order chi connectivity index (χ0) is 41.8. The Kier molecular flexibility index (Phi) is 10.2. The number of rotatable bonds is 9. The van der Waals surface area contributed by atoms with E-state index in [0.29, 0.717) is 40.8 Å². The van der Waals surface area contributed by atoms with Crippen LogP contribution in [0.2, 0.25) is 0 Å². The van der Waals surface area contributed by atoms with Crippen LogP contribution in [-0.4, -0.2) is 39.9 Å². The molecule has 0 aliphatic carbocycles. The van der Waals surface area contributed by atoms with E-state index in [-0.39, 0.29) is 0 Å². The first-order valence-corrected chi connectivity index (χ1v) is 20.4. The van der Waals surface area contributed by atoms with E-state index in [0.717, 1.165) is 72.6 Å². The third-order valence-corrected chi connectivity index (χ3v) is 10.5. The summed E-state index contributed by atoms with van der Waals surface area (Å²) in [5.74, 6) is 4.28. The van der Waals surface area contributed by atoms with Gasteiger partial charge in [0.15, 0.2) is 40.8 Å². The zero-order valence-corrected chi connectivity index (χ0v) is 34.1. The summed E-state index contributed by atoms with van der Waals surface area (Å²) in [6.07, 6.45) is 0.